The molecule has 0 aliphatic heterocycles. The number of methoxy groups -OCH3 is 2. The van der Waals surface area contributed by atoms with Crippen molar-refractivity contribution in [2.45, 2.75) is 0 Å². The van der Waals surface area contributed by atoms with E-state index in [9.17, 15) is 9.59 Å². The zero-order valence-corrected chi connectivity index (χ0v) is 15.7. The molecule has 28 heavy (non-hydrogen) atoms. The van der Waals surface area contributed by atoms with Gasteiger partial charge in [0.1, 0.15) is 17.2 Å². The van der Waals surface area contributed by atoms with Crippen LogP contribution in [0.5, 0.6) is 17.2 Å². The molecule has 144 valence electrons. The van der Waals surface area contributed by atoms with Crippen molar-refractivity contribution in [2.24, 2.45) is 5.73 Å². The monoisotopic (exact) mass is 401 g/mol. The van der Waals surface area contributed by atoms with Gasteiger partial charge in [-0.05, 0) is 24.3 Å². The zero-order chi connectivity index (χ0) is 20.3. The van der Waals surface area contributed by atoms with Crippen LogP contribution >= 0.6 is 11.6 Å². The predicted octanol–water partition coefficient (Wildman–Crippen LogP) is 3.97. The topological polar surface area (TPSA) is 113 Å². The van der Waals surface area contributed by atoms with Crippen LogP contribution in [-0.2, 0) is 4.74 Å². The normalized spacial score (nSPS) is 10.4. The Bertz CT molecular complexity index is 1070. The number of primary amides is 1. The van der Waals surface area contributed by atoms with E-state index >= 15 is 0 Å². The van der Waals surface area contributed by atoms with Crippen molar-refractivity contribution in [1.82, 2.24) is 4.98 Å². The minimum Gasteiger partial charge on any atom is -0.496 e. The van der Waals surface area contributed by atoms with Gasteiger partial charge in [0.25, 0.3) is 5.91 Å². The van der Waals surface area contributed by atoms with Crippen LogP contribution in [0.25, 0.3) is 10.9 Å². The molecule has 0 aliphatic rings. The molecule has 3 N–H and O–H groups in total. The van der Waals surface area contributed by atoms with Crippen LogP contribution in [0, 0.1) is 0 Å². The van der Waals surface area contributed by atoms with Gasteiger partial charge in [0.05, 0.1) is 36.0 Å². The number of rotatable bonds is 5. The number of nitrogens with one attached hydrogen (secondary N) is 1. The Balaban J connectivity index is 1.98. The number of anilines is 1. The number of ether oxygens (including phenoxy) is 3. The Morgan fingerprint density at radius 2 is 1.89 bits per heavy atom. The molecule has 3 rings (SSSR count). The molecule has 2 amide bonds. The van der Waals surface area contributed by atoms with E-state index in [4.69, 9.17) is 26.8 Å². The lowest BCUT2D eigenvalue weighted by Gasteiger charge is -2.13. The lowest BCUT2D eigenvalue weighted by Crippen LogP contribution is -2.12. The Kier molecular flexibility index (Phi) is 5.51. The van der Waals surface area contributed by atoms with Crippen LogP contribution in [0.15, 0.2) is 42.6 Å². The second-order valence-corrected chi connectivity index (χ2v) is 6.01. The standard InChI is InChI=1S/C19H16ClN3O5/c1-26-17-9-15-11(8-12(17)18(21)24)16(5-6-22-15)28-10-3-4-14(13(20)7-10)23-19(25)27-2/h3-9H,1-2H3,(H2,21,24)(H,23,25). The first-order chi connectivity index (χ1) is 13.4. The second-order valence-electron chi connectivity index (χ2n) is 5.60. The van der Waals surface area contributed by atoms with E-state index in [-0.39, 0.29) is 10.6 Å². The van der Waals surface area contributed by atoms with Crippen molar-refractivity contribution in [3.8, 4) is 17.2 Å². The number of nitrogens with two attached hydrogens (primary N) is 1. The molecular weight excluding hydrogens is 386 g/mol. The van der Waals surface area contributed by atoms with Crippen LogP contribution in [0.3, 0.4) is 0 Å². The van der Waals surface area contributed by atoms with Gasteiger partial charge in [0, 0.05) is 23.7 Å². The van der Waals surface area contributed by atoms with Crippen molar-refractivity contribution in [1.29, 1.82) is 0 Å². The Morgan fingerprint density at radius 1 is 1.11 bits per heavy atom. The van der Waals surface area contributed by atoms with Gasteiger partial charge in [-0.2, -0.15) is 0 Å². The molecule has 3 aromatic rings. The predicted molar refractivity (Wildman–Crippen MR) is 104 cm³/mol. The van der Waals surface area contributed by atoms with E-state index in [1.165, 1.54) is 20.3 Å². The zero-order valence-electron chi connectivity index (χ0n) is 15.0. The maximum absolute atomic E-state index is 11.7. The summed E-state index contributed by atoms with van der Waals surface area (Å²) in [4.78, 5) is 27.3. The summed E-state index contributed by atoms with van der Waals surface area (Å²) in [7, 11) is 2.70. The summed E-state index contributed by atoms with van der Waals surface area (Å²) in [5.41, 5.74) is 6.58. The number of nitrogens with zero attached hydrogens (tertiary/aromatic N) is 1. The fourth-order valence-corrected chi connectivity index (χ4v) is 2.77. The highest BCUT2D eigenvalue weighted by molar-refractivity contribution is 6.33. The average molecular weight is 402 g/mol. The Labute approximate surface area is 165 Å². The molecule has 0 bridgehead atoms. The summed E-state index contributed by atoms with van der Waals surface area (Å²) < 4.78 is 15.6. The molecule has 1 aromatic heterocycles. The summed E-state index contributed by atoms with van der Waals surface area (Å²) in [5.74, 6) is 0.560. The van der Waals surface area contributed by atoms with Gasteiger partial charge in [-0.15, -0.1) is 0 Å². The number of benzene rings is 2. The summed E-state index contributed by atoms with van der Waals surface area (Å²) in [5, 5.41) is 3.33. The van der Waals surface area contributed by atoms with Gasteiger partial charge in [0.15, 0.2) is 0 Å². The fraction of sp³-hybridized carbons (Fsp3) is 0.105. The van der Waals surface area contributed by atoms with Crippen LogP contribution in [0.4, 0.5) is 10.5 Å². The third-order valence-corrected chi connectivity index (χ3v) is 4.19. The van der Waals surface area contributed by atoms with Gasteiger partial charge in [-0.25, -0.2) is 4.79 Å². The van der Waals surface area contributed by atoms with Crippen molar-refractivity contribution in [2.75, 3.05) is 19.5 Å². The lowest BCUT2D eigenvalue weighted by atomic mass is 10.1. The number of fused-ring (bicyclic) bond motifs is 1. The highest BCUT2D eigenvalue weighted by atomic mass is 35.5. The van der Waals surface area contributed by atoms with Gasteiger partial charge >= 0.3 is 6.09 Å². The maximum atomic E-state index is 11.7. The molecule has 9 heteroatoms. The molecule has 0 unspecified atom stereocenters. The van der Waals surface area contributed by atoms with Crippen molar-refractivity contribution >= 4 is 40.2 Å². The Hall–Kier alpha value is -3.52. The first kappa shape index (κ1) is 19.2. The molecule has 0 spiro atoms. The quantitative estimate of drug-likeness (QED) is 0.668. The van der Waals surface area contributed by atoms with Crippen LogP contribution in [-0.4, -0.2) is 31.2 Å². The maximum Gasteiger partial charge on any atom is 0.411 e. The van der Waals surface area contributed by atoms with Crippen molar-refractivity contribution < 1.29 is 23.8 Å². The van der Waals surface area contributed by atoms with Gasteiger partial charge in [0.2, 0.25) is 0 Å². The van der Waals surface area contributed by atoms with Crippen LogP contribution < -0.4 is 20.5 Å². The summed E-state index contributed by atoms with van der Waals surface area (Å²) in [6.45, 7) is 0. The van der Waals surface area contributed by atoms with E-state index in [0.29, 0.717) is 33.8 Å². The molecule has 0 aliphatic carbocycles. The third kappa shape index (κ3) is 3.91. The number of carbonyl (C=O) groups excluding carboxylic acids is 2. The highest BCUT2D eigenvalue weighted by Crippen LogP contribution is 2.35. The number of hydrogen-bond donors (Lipinski definition) is 2. The number of amides is 2. The number of halogens is 1. The van der Waals surface area contributed by atoms with Crippen molar-refractivity contribution in [3.63, 3.8) is 0 Å². The van der Waals surface area contributed by atoms with E-state index in [0.717, 1.165) is 0 Å². The molecule has 0 fully saturated rings. The summed E-state index contributed by atoms with van der Waals surface area (Å²) in [6.07, 6.45) is 0.930. The van der Waals surface area contributed by atoms with E-state index in [1.807, 2.05) is 0 Å². The molecule has 2 aromatic carbocycles. The number of carbonyl (C=O) groups is 2. The Morgan fingerprint density at radius 3 is 2.54 bits per heavy atom. The average Bonchev–Trinajstić information content (AvgIpc) is 2.69. The van der Waals surface area contributed by atoms with E-state index in [1.54, 1.807) is 36.5 Å². The minimum absolute atomic E-state index is 0.212. The lowest BCUT2D eigenvalue weighted by molar-refractivity contribution is 0.0997. The first-order valence-electron chi connectivity index (χ1n) is 8.02. The second kappa shape index (κ2) is 8.01. The first-order valence-corrected chi connectivity index (χ1v) is 8.39. The van der Waals surface area contributed by atoms with Gasteiger partial charge in [-0.1, -0.05) is 11.6 Å². The summed E-state index contributed by atoms with van der Waals surface area (Å²) in [6, 6.07) is 9.57. The summed E-state index contributed by atoms with van der Waals surface area (Å²) >= 11 is 6.18. The van der Waals surface area contributed by atoms with Gasteiger partial charge in [-0.3, -0.25) is 15.1 Å². The number of pyridine rings is 1. The molecule has 0 saturated heterocycles. The van der Waals surface area contributed by atoms with Crippen molar-refractivity contribution in [3.05, 3.63) is 53.2 Å². The minimum atomic E-state index is -0.636. The van der Waals surface area contributed by atoms with Crippen LogP contribution in [0.1, 0.15) is 10.4 Å². The molecule has 8 nitrogen and oxygen atoms in total. The van der Waals surface area contributed by atoms with Crippen LogP contribution in [0.2, 0.25) is 5.02 Å². The van der Waals surface area contributed by atoms with E-state index < -0.39 is 12.0 Å². The molecule has 0 saturated carbocycles. The smallest absolute Gasteiger partial charge is 0.411 e. The highest BCUT2D eigenvalue weighted by Gasteiger charge is 2.15. The molecule has 1 heterocycles. The third-order valence-electron chi connectivity index (χ3n) is 3.88. The van der Waals surface area contributed by atoms with E-state index in [2.05, 4.69) is 15.0 Å². The van der Waals surface area contributed by atoms with Gasteiger partial charge < -0.3 is 19.9 Å². The largest absolute Gasteiger partial charge is 0.496 e. The molecular formula is C19H16ClN3O5. The fourth-order valence-electron chi connectivity index (χ4n) is 2.55. The molecule has 0 atom stereocenters. The number of hydrogen-bond acceptors (Lipinski definition) is 6. The SMILES string of the molecule is COC(=O)Nc1ccc(Oc2ccnc3cc(OC)c(C(N)=O)cc23)cc1Cl. The number of aromatic nitrogens is 1. The molecule has 0 radical (unpaired) electrons.